The molecule has 0 aromatic heterocycles. The van der Waals surface area contributed by atoms with Crippen molar-refractivity contribution in [2.45, 2.75) is 96.5 Å². The minimum Gasteiger partial charge on any atom is -0.393 e. The lowest BCUT2D eigenvalue weighted by molar-refractivity contribution is -0.121. The number of unbranched alkanes of at least 4 members (excludes halogenated alkanes) is 8. The van der Waals surface area contributed by atoms with Gasteiger partial charge in [-0.05, 0) is 12.8 Å². The second-order valence-corrected chi connectivity index (χ2v) is 6.19. The van der Waals surface area contributed by atoms with Crippen LogP contribution >= 0.6 is 0 Å². The minimum atomic E-state index is -0.302. The summed E-state index contributed by atoms with van der Waals surface area (Å²) in [4.78, 5) is 11.0. The molecule has 21 heavy (non-hydrogen) atoms. The van der Waals surface area contributed by atoms with Crippen molar-refractivity contribution in [3.63, 3.8) is 0 Å². The number of nitrogens with zero attached hydrogens (tertiary/aromatic N) is 1. The maximum atomic E-state index is 11.0. The van der Waals surface area contributed by atoms with Crippen LogP contribution in [0.15, 0.2) is 5.10 Å². The monoisotopic (exact) mass is 296 g/mol. The predicted molar refractivity (Wildman–Crippen MR) is 87.3 cm³/mol. The van der Waals surface area contributed by atoms with E-state index < -0.39 is 0 Å². The zero-order valence-corrected chi connectivity index (χ0v) is 13.6. The van der Waals surface area contributed by atoms with E-state index in [0.29, 0.717) is 19.3 Å². The largest absolute Gasteiger partial charge is 0.393 e. The van der Waals surface area contributed by atoms with E-state index in [9.17, 15) is 9.90 Å². The average Bonchev–Trinajstić information content (AvgIpc) is 2.48. The van der Waals surface area contributed by atoms with Crippen molar-refractivity contribution in [1.29, 1.82) is 0 Å². The number of hydrazone groups is 1. The molecule has 1 aliphatic heterocycles. The lowest BCUT2D eigenvalue weighted by Crippen LogP contribution is -2.27. The van der Waals surface area contributed by atoms with Gasteiger partial charge in [0.05, 0.1) is 6.10 Å². The van der Waals surface area contributed by atoms with Gasteiger partial charge in [-0.1, -0.05) is 64.7 Å². The molecule has 0 aromatic rings. The summed E-state index contributed by atoms with van der Waals surface area (Å²) in [6.45, 7) is 2.25. The van der Waals surface area contributed by atoms with Crippen LogP contribution in [0.3, 0.4) is 0 Å². The number of nitrogens with one attached hydrogen (secondary N) is 1. The van der Waals surface area contributed by atoms with Gasteiger partial charge in [0.2, 0.25) is 5.91 Å². The van der Waals surface area contributed by atoms with Crippen molar-refractivity contribution in [3.05, 3.63) is 0 Å². The Morgan fingerprint density at radius 3 is 2.24 bits per heavy atom. The van der Waals surface area contributed by atoms with E-state index in [4.69, 9.17) is 0 Å². The summed E-state index contributed by atoms with van der Waals surface area (Å²) in [7, 11) is 0. The minimum absolute atomic E-state index is 0.0211. The zero-order valence-electron chi connectivity index (χ0n) is 13.6. The maximum absolute atomic E-state index is 11.0. The molecular formula is C17H32N2O2. The van der Waals surface area contributed by atoms with Crippen LogP contribution in [-0.2, 0) is 4.79 Å². The molecule has 0 fully saturated rings. The Morgan fingerprint density at radius 2 is 1.67 bits per heavy atom. The number of carbonyl (C=O) groups is 1. The fraction of sp³-hybridized carbons (Fsp3) is 0.882. The zero-order chi connectivity index (χ0) is 15.3. The number of hydrogen-bond donors (Lipinski definition) is 2. The van der Waals surface area contributed by atoms with Crippen LogP contribution < -0.4 is 5.43 Å². The first-order chi connectivity index (χ1) is 10.2. The summed E-state index contributed by atoms with van der Waals surface area (Å²) in [5.41, 5.74) is 3.41. The third-order valence-electron chi connectivity index (χ3n) is 4.09. The van der Waals surface area contributed by atoms with Crippen LogP contribution in [0.25, 0.3) is 0 Å². The van der Waals surface area contributed by atoms with E-state index in [2.05, 4.69) is 17.5 Å². The van der Waals surface area contributed by atoms with Gasteiger partial charge >= 0.3 is 0 Å². The molecule has 122 valence electrons. The van der Waals surface area contributed by atoms with E-state index in [0.717, 1.165) is 18.6 Å². The van der Waals surface area contributed by atoms with Crippen LogP contribution in [0, 0.1) is 0 Å². The molecule has 0 saturated heterocycles. The Kier molecular flexibility index (Phi) is 10.1. The van der Waals surface area contributed by atoms with Crippen LogP contribution in [0.5, 0.6) is 0 Å². The molecule has 1 heterocycles. The molecule has 0 spiro atoms. The number of amides is 1. The number of hydrogen-bond acceptors (Lipinski definition) is 3. The van der Waals surface area contributed by atoms with Crippen LogP contribution in [0.2, 0.25) is 0 Å². The number of aliphatic hydroxyl groups excluding tert-OH is 1. The molecule has 0 aromatic carbocycles. The highest BCUT2D eigenvalue weighted by molar-refractivity contribution is 5.92. The lowest BCUT2D eigenvalue weighted by Gasteiger charge is -2.15. The van der Waals surface area contributed by atoms with Gasteiger partial charge in [-0.25, -0.2) is 5.43 Å². The summed E-state index contributed by atoms with van der Waals surface area (Å²) in [6.07, 6.45) is 14.1. The topological polar surface area (TPSA) is 61.7 Å². The Bertz CT molecular complexity index is 316. The van der Waals surface area contributed by atoms with Crippen molar-refractivity contribution >= 4 is 11.6 Å². The van der Waals surface area contributed by atoms with Gasteiger partial charge < -0.3 is 5.11 Å². The van der Waals surface area contributed by atoms with Crippen molar-refractivity contribution in [2.24, 2.45) is 5.10 Å². The number of aliphatic hydroxyl groups is 1. The van der Waals surface area contributed by atoms with Gasteiger partial charge in [0.25, 0.3) is 0 Å². The van der Waals surface area contributed by atoms with E-state index >= 15 is 0 Å². The van der Waals surface area contributed by atoms with Gasteiger partial charge in [-0.15, -0.1) is 0 Å². The van der Waals surface area contributed by atoms with Crippen molar-refractivity contribution < 1.29 is 9.90 Å². The molecule has 1 atom stereocenters. The summed E-state index contributed by atoms with van der Waals surface area (Å²) in [5.74, 6) is -0.0211. The standard InChI is InChI=1S/C17H32N2O2/c1-2-3-4-5-6-7-8-9-10-11-16(20)14-15-12-13-17(21)19-18-15/h16,20H,2-14H2,1H3,(H,19,21). The van der Waals surface area contributed by atoms with Gasteiger partial charge in [0.15, 0.2) is 0 Å². The van der Waals surface area contributed by atoms with E-state index in [1.807, 2.05) is 0 Å². The normalized spacial score (nSPS) is 16.5. The van der Waals surface area contributed by atoms with E-state index in [-0.39, 0.29) is 12.0 Å². The molecule has 1 unspecified atom stereocenters. The van der Waals surface area contributed by atoms with Gasteiger partial charge in [0, 0.05) is 18.6 Å². The fourth-order valence-electron chi connectivity index (χ4n) is 2.72. The van der Waals surface area contributed by atoms with Crippen LogP contribution in [0.4, 0.5) is 0 Å². The molecule has 4 nitrogen and oxygen atoms in total. The van der Waals surface area contributed by atoms with E-state index in [1.165, 1.54) is 51.4 Å². The molecule has 0 radical (unpaired) electrons. The van der Waals surface area contributed by atoms with Crippen LogP contribution in [-0.4, -0.2) is 22.8 Å². The summed E-state index contributed by atoms with van der Waals surface area (Å²) in [6, 6.07) is 0. The Hall–Kier alpha value is -0.900. The molecule has 1 rings (SSSR count). The molecule has 2 N–H and O–H groups in total. The number of rotatable bonds is 12. The fourth-order valence-corrected chi connectivity index (χ4v) is 2.72. The summed E-state index contributed by atoms with van der Waals surface area (Å²) >= 11 is 0. The quantitative estimate of drug-likeness (QED) is 0.536. The first kappa shape index (κ1) is 18.1. The molecule has 4 heteroatoms. The third kappa shape index (κ3) is 9.62. The van der Waals surface area contributed by atoms with Gasteiger partial charge in [-0.2, -0.15) is 5.10 Å². The van der Waals surface area contributed by atoms with Gasteiger partial charge in [-0.3, -0.25) is 4.79 Å². The molecule has 1 amide bonds. The smallest absolute Gasteiger partial charge is 0.240 e. The highest BCUT2D eigenvalue weighted by atomic mass is 16.3. The predicted octanol–water partition coefficient (Wildman–Crippen LogP) is 3.92. The highest BCUT2D eigenvalue weighted by Crippen LogP contribution is 2.14. The lowest BCUT2D eigenvalue weighted by atomic mass is 10.0. The first-order valence-electron chi connectivity index (χ1n) is 8.74. The molecular weight excluding hydrogens is 264 g/mol. The van der Waals surface area contributed by atoms with E-state index in [1.54, 1.807) is 0 Å². The molecule has 0 saturated carbocycles. The second kappa shape index (κ2) is 11.7. The molecule has 0 bridgehead atoms. The SMILES string of the molecule is CCCCCCCCCCCC(O)CC1=NNC(=O)CC1. The molecule has 0 aliphatic carbocycles. The Morgan fingerprint density at radius 1 is 1.05 bits per heavy atom. The average molecular weight is 296 g/mol. The summed E-state index contributed by atoms with van der Waals surface area (Å²) < 4.78 is 0. The van der Waals surface area contributed by atoms with Crippen molar-refractivity contribution in [3.8, 4) is 0 Å². The molecule has 1 aliphatic rings. The number of carbonyl (C=O) groups excluding carboxylic acids is 1. The maximum Gasteiger partial charge on any atom is 0.240 e. The third-order valence-corrected chi connectivity index (χ3v) is 4.09. The highest BCUT2D eigenvalue weighted by Gasteiger charge is 2.14. The first-order valence-corrected chi connectivity index (χ1v) is 8.74. The Balaban J connectivity index is 1.91. The van der Waals surface area contributed by atoms with Crippen LogP contribution in [0.1, 0.15) is 90.4 Å². The second-order valence-electron chi connectivity index (χ2n) is 6.19. The van der Waals surface area contributed by atoms with Crippen molar-refractivity contribution in [2.75, 3.05) is 0 Å². The van der Waals surface area contributed by atoms with Gasteiger partial charge in [0.1, 0.15) is 0 Å². The summed E-state index contributed by atoms with van der Waals surface area (Å²) in [5, 5.41) is 14.0. The van der Waals surface area contributed by atoms with Crippen molar-refractivity contribution in [1.82, 2.24) is 5.43 Å². The Labute approximate surface area is 129 Å².